The maximum atomic E-state index is 12.5. The zero-order chi connectivity index (χ0) is 23.3. The number of rotatable bonds is 15. The second kappa shape index (κ2) is 10.9. The summed E-state index contributed by atoms with van der Waals surface area (Å²) < 4.78 is 16.7. The van der Waals surface area contributed by atoms with Crippen LogP contribution in [0.4, 0.5) is 0 Å². The molecule has 0 bridgehead atoms. The minimum atomic E-state index is -1.16. The van der Waals surface area contributed by atoms with E-state index in [0.29, 0.717) is 57.0 Å². The molecule has 3 aliphatic rings. The van der Waals surface area contributed by atoms with Crippen molar-refractivity contribution >= 4 is 17.9 Å². The van der Waals surface area contributed by atoms with Gasteiger partial charge in [0.15, 0.2) is 5.60 Å². The monoisotopic (exact) mass is 453 g/mol. The van der Waals surface area contributed by atoms with Gasteiger partial charge < -0.3 is 14.2 Å². The first kappa shape index (κ1) is 24.9. The van der Waals surface area contributed by atoms with Crippen LogP contribution in [0.1, 0.15) is 53.4 Å². The normalized spacial score (nSPS) is 31.9. The fraction of sp³-hybridized carbons (Fsp3) is 0.870. The highest BCUT2D eigenvalue weighted by molar-refractivity contribution is 5.72. The summed E-state index contributed by atoms with van der Waals surface area (Å²) in [5.41, 5.74) is -1.16. The zero-order valence-electron chi connectivity index (χ0n) is 20.0. The number of esters is 3. The molecular weight excluding hydrogens is 414 g/mol. The number of carbonyl (C=O) groups excluding carboxylic acids is 3. The summed E-state index contributed by atoms with van der Waals surface area (Å²) in [4.78, 5) is 43.5. The third-order valence-corrected chi connectivity index (χ3v) is 6.74. The van der Waals surface area contributed by atoms with Gasteiger partial charge in [0.05, 0.1) is 19.3 Å². The van der Waals surface area contributed by atoms with Gasteiger partial charge in [-0.3, -0.25) is 29.1 Å². The van der Waals surface area contributed by atoms with Gasteiger partial charge in [-0.2, -0.15) is 0 Å². The molecule has 0 aromatic carbocycles. The lowest BCUT2D eigenvalue weighted by Crippen LogP contribution is -2.45. The maximum absolute atomic E-state index is 12.5. The minimum Gasteiger partial charge on any atom is -0.461 e. The Balaban J connectivity index is 1.48. The van der Waals surface area contributed by atoms with Crippen LogP contribution in [-0.4, -0.2) is 109 Å². The molecule has 6 unspecified atom stereocenters. The number of ether oxygens (including phenoxy) is 3. The average molecular weight is 454 g/mol. The molecule has 0 N–H and O–H groups in total. The zero-order valence-corrected chi connectivity index (χ0v) is 20.0. The van der Waals surface area contributed by atoms with E-state index < -0.39 is 5.60 Å². The van der Waals surface area contributed by atoms with Crippen molar-refractivity contribution in [2.45, 2.75) is 77.1 Å². The Morgan fingerprint density at radius 3 is 1.38 bits per heavy atom. The van der Waals surface area contributed by atoms with Crippen LogP contribution in [0.5, 0.6) is 0 Å². The van der Waals surface area contributed by atoms with Crippen LogP contribution < -0.4 is 0 Å². The van der Waals surface area contributed by atoms with Crippen molar-refractivity contribution in [3.8, 4) is 0 Å². The van der Waals surface area contributed by atoms with Gasteiger partial charge in [0.25, 0.3) is 0 Å². The second-order valence-corrected chi connectivity index (χ2v) is 9.61. The first-order valence-corrected chi connectivity index (χ1v) is 12.0. The van der Waals surface area contributed by atoms with Gasteiger partial charge in [-0.1, -0.05) is 6.92 Å². The fourth-order valence-electron chi connectivity index (χ4n) is 3.75. The summed E-state index contributed by atoms with van der Waals surface area (Å²) >= 11 is 0. The predicted octanol–water partition coefficient (Wildman–Crippen LogP) is 1.05. The van der Waals surface area contributed by atoms with Gasteiger partial charge in [-0.05, 0) is 27.2 Å². The van der Waals surface area contributed by atoms with Gasteiger partial charge in [-0.25, -0.2) is 0 Å². The molecule has 9 nitrogen and oxygen atoms in total. The van der Waals surface area contributed by atoms with E-state index in [1.807, 2.05) is 6.92 Å². The Labute approximate surface area is 191 Å². The molecule has 182 valence electrons. The molecule has 32 heavy (non-hydrogen) atoms. The minimum absolute atomic E-state index is 0.111. The van der Waals surface area contributed by atoms with E-state index in [1.165, 1.54) is 0 Å². The smallest absolute Gasteiger partial charge is 0.307 e. The van der Waals surface area contributed by atoms with Crippen molar-refractivity contribution in [3.63, 3.8) is 0 Å². The van der Waals surface area contributed by atoms with Gasteiger partial charge >= 0.3 is 17.9 Å². The molecule has 0 radical (unpaired) electrons. The van der Waals surface area contributed by atoms with Crippen molar-refractivity contribution in [2.75, 3.05) is 52.5 Å². The molecule has 0 saturated carbocycles. The lowest BCUT2D eigenvalue weighted by Gasteiger charge is -2.31. The molecule has 0 aromatic heterocycles. The van der Waals surface area contributed by atoms with Crippen molar-refractivity contribution in [2.24, 2.45) is 0 Å². The first-order valence-electron chi connectivity index (χ1n) is 12.0. The molecule has 3 fully saturated rings. The molecule has 3 saturated heterocycles. The van der Waals surface area contributed by atoms with Crippen molar-refractivity contribution in [1.29, 1.82) is 0 Å². The Morgan fingerprint density at radius 2 is 1.06 bits per heavy atom. The molecule has 6 atom stereocenters. The number of carbonyl (C=O) groups is 3. The largest absolute Gasteiger partial charge is 0.461 e. The van der Waals surface area contributed by atoms with Gasteiger partial charge in [-0.15, -0.1) is 0 Å². The van der Waals surface area contributed by atoms with Gasteiger partial charge in [0, 0.05) is 57.4 Å². The SMILES string of the molecule is CCC(COC(=O)CCN1CC1C)(COC(=O)CCN1CC1C)OC(=O)CCN1CC1C. The summed E-state index contributed by atoms with van der Waals surface area (Å²) in [6, 6.07) is 1.56. The van der Waals surface area contributed by atoms with Crippen LogP contribution in [0.15, 0.2) is 0 Å². The lowest BCUT2D eigenvalue weighted by molar-refractivity contribution is -0.185. The number of hydrogen-bond acceptors (Lipinski definition) is 9. The Hall–Kier alpha value is -1.71. The van der Waals surface area contributed by atoms with Crippen molar-refractivity contribution in [3.05, 3.63) is 0 Å². The second-order valence-electron chi connectivity index (χ2n) is 9.61. The van der Waals surface area contributed by atoms with E-state index in [4.69, 9.17) is 14.2 Å². The van der Waals surface area contributed by atoms with E-state index in [9.17, 15) is 14.4 Å². The molecule has 9 heteroatoms. The maximum Gasteiger partial charge on any atom is 0.307 e. The molecule has 0 aromatic rings. The molecule has 3 rings (SSSR count). The summed E-state index contributed by atoms with van der Waals surface area (Å²) in [5.74, 6) is -1.04. The average Bonchev–Trinajstić information content (AvgIpc) is 3.70. The predicted molar refractivity (Wildman–Crippen MR) is 118 cm³/mol. The fourth-order valence-corrected chi connectivity index (χ4v) is 3.75. The van der Waals surface area contributed by atoms with Crippen molar-refractivity contribution in [1.82, 2.24) is 14.7 Å². The Morgan fingerprint density at radius 1 is 0.719 bits per heavy atom. The Bertz CT molecular complexity index is 651. The van der Waals surface area contributed by atoms with E-state index >= 15 is 0 Å². The Kier molecular flexibility index (Phi) is 8.52. The van der Waals surface area contributed by atoms with Crippen LogP contribution in [0.3, 0.4) is 0 Å². The highest BCUT2D eigenvalue weighted by Crippen LogP contribution is 2.22. The van der Waals surface area contributed by atoms with E-state index in [1.54, 1.807) is 0 Å². The van der Waals surface area contributed by atoms with Crippen LogP contribution in [-0.2, 0) is 28.6 Å². The summed E-state index contributed by atoms with van der Waals surface area (Å²) in [6.07, 6.45) is 1.22. The molecular formula is C23H39N3O6. The summed E-state index contributed by atoms with van der Waals surface area (Å²) in [7, 11) is 0. The van der Waals surface area contributed by atoms with Gasteiger partial charge in [0.1, 0.15) is 13.2 Å². The third kappa shape index (κ3) is 8.01. The first-order chi connectivity index (χ1) is 15.2. The van der Waals surface area contributed by atoms with E-state index in [2.05, 4.69) is 35.5 Å². The van der Waals surface area contributed by atoms with Crippen LogP contribution in [0.2, 0.25) is 0 Å². The summed E-state index contributed by atoms with van der Waals surface area (Å²) in [5, 5.41) is 0. The van der Waals surface area contributed by atoms with E-state index in [0.717, 1.165) is 19.6 Å². The molecule has 3 aliphatic heterocycles. The standard InChI is InChI=1S/C23H39N3O6/c1-5-23(32-22(29)8-11-26-14-19(26)4,15-30-20(27)6-9-24-12-17(24)2)16-31-21(28)7-10-25-13-18(25)3/h17-19H,5-16H2,1-4H3. The molecule has 3 heterocycles. The number of nitrogens with zero attached hydrogens (tertiary/aromatic N) is 3. The highest BCUT2D eigenvalue weighted by Gasteiger charge is 2.38. The van der Waals surface area contributed by atoms with Crippen LogP contribution >= 0.6 is 0 Å². The third-order valence-electron chi connectivity index (χ3n) is 6.74. The number of hydrogen-bond donors (Lipinski definition) is 0. The summed E-state index contributed by atoms with van der Waals surface area (Å²) in [6.45, 7) is 12.9. The molecule has 0 spiro atoms. The molecule has 0 aliphatic carbocycles. The van der Waals surface area contributed by atoms with Crippen molar-refractivity contribution < 1.29 is 28.6 Å². The van der Waals surface area contributed by atoms with Crippen LogP contribution in [0, 0.1) is 0 Å². The van der Waals surface area contributed by atoms with E-state index in [-0.39, 0.29) is 37.5 Å². The van der Waals surface area contributed by atoms with Crippen LogP contribution in [0.25, 0.3) is 0 Å². The topological polar surface area (TPSA) is 87.9 Å². The highest BCUT2D eigenvalue weighted by atomic mass is 16.6. The lowest BCUT2D eigenvalue weighted by atomic mass is 10.0. The quantitative estimate of drug-likeness (QED) is 0.205. The molecule has 0 amide bonds. The van der Waals surface area contributed by atoms with Gasteiger partial charge in [0.2, 0.25) is 0 Å².